The fourth-order valence-electron chi connectivity index (χ4n) is 2.41. The Balaban J connectivity index is 2.23. The third kappa shape index (κ3) is 1.77. The van der Waals surface area contributed by atoms with Crippen LogP contribution in [0.1, 0.15) is 44.6 Å². The number of hydrogen-bond donors (Lipinski definition) is 0. The minimum Gasteiger partial charge on any atom is -0.0579 e. The summed E-state index contributed by atoms with van der Waals surface area (Å²) in [7, 11) is 0. The smallest absolute Gasteiger partial charge is 0.00752 e. The molecule has 0 atom stereocenters. The molecule has 1 radical (unpaired) electrons. The van der Waals surface area contributed by atoms with Gasteiger partial charge in [0, 0.05) is 0 Å². The summed E-state index contributed by atoms with van der Waals surface area (Å²) in [5.74, 6) is 0. The van der Waals surface area contributed by atoms with E-state index in [1.807, 2.05) is 12.1 Å². The Hall–Kier alpha value is -0.780. The fraction of sp³-hybridized carbons (Fsp3) is 0.538. The summed E-state index contributed by atoms with van der Waals surface area (Å²) in [6, 6.07) is 11.6. The van der Waals surface area contributed by atoms with Gasteiger partial charge in [-0.2, -0.15) is 0 Å². The fourth-order valence-corrected chi connectivity index (χ4v) is 2.41. The molecule has 1 aliphatic carbocycles. The molecule has 0 bridgehead atoms. The molecular formula is C13H17. The maximum Gasteiger partial charge on any atom is -0.00752 e. The molecule has 1 saturated carbocycles. The van der Waals surface area contributed by atoms with Crippen molar-refractivity contribution in [2.45, 2.75) is 44.4 Å². The lowest BCUT2D eigenvalue weighted by atomic mass is 9.71. The van der Waals surface area contributed by atoms with E-state index in [2.05, 4.69) is 25.1 Å². The summed E-state index contributed by atoms with van der Waals surface area (Å²) >= 11 is 0. The maximum atomic E-state index is 3.09. The molecule has 0 spiro atoms. The van der Waals surface area contributed by atoms with Gasteiger partial charge in [0.05, 0.1) is 0 Å². The molecule has 0 amide bonds. The summed E-state index contributed by atoms with van der Waals surface area (Å²) < 4.78 is 0. The van der Waals surface area contributed by atoms with Crippen molar-refractivity contribution in [3.63, 3.8) is 0 Å². The van der Waals surface area contributed by atoms with E-state index in [-0.39, 0.29) is 0 Å². The van der Waals surface area contributed by atoms with Gasteiger partial charge in [-0.05, 0) is 29.9 Å². The normalized spacial score (nSPS) is 21.3. The van der Waals surface area contributed by atoms with E-state index in [1.165, 1.54) is 37.7 Å². The highest BCUT2D eigenvalue weighted by atomic mass is 14.3. The third-order valence-electron chi connectivity index (χ3n) is 3.37. The van der Waals surface area contributed by atoms with Crippen molar-refractivity contribution >= 4 is 0 Å². The molecule has 0 N–H and O–H groups in total. The van der Waals surface area contributed by atoms with Crippen LogP contribution in [-0.4, -0.2) is 0 Å². The van der Waals surface area contributed by atoms with E-state index < -0.39 is 0 Å². The van der Waals surface area contributed by atoms with E-state index >= 15 is 0 Å². The van der Waals surface area contributed by atoms with Crippen molar-refractivity contribution in [2.75, 3.05) is 0 Å². The van der Waals surface area contributed by atoms with E-state index in [9.17, 15) is 0 Å². The first-order valence-electron chi connectivity index (χ1n) is 5.28. The Kier molecular flexibility index (Phi) is 2.39. The summed E-state index contributed by atoms with van der Waals surface area (Å²) in [5.41, 5.74) is 1.96. The third-order valence-corrected chi connectivity index (χ3v) is 3.37. The largest absolute Gasteiger partial charge is 0.0579 e. The van der Waals surface area contributed by atoms with Gasteiger partial charge >= 0.3 is 0 Å². The predicted octanol–water partition coefficient (Wildman–Crippen LogP) is 3.71. The van der Waals surface area contributed by atoms with Gasteiger partial charge in [0.15, 0.2) is 0 Å². The van der Waals surface area contributed by atoms with Crippen molar-refractivity contribution in [2.24, 2.45) is 0 Å². The molecule has 1 fully saturated rings. The minimum atomic E-state index is 0.452. The van der Waals surface area contributed by atoms with E-state index in [4.69, 9.17) is 0 Å². The Bertz CT molecular complexity index is 255. The lowest BCUT2D eigenvalue weighted by Gasteiger charge is -2.34. The molecule has 13 heavy (non-hydrogen) atoms. The van der Waals surface area contributed by atoms with Crippen LogP contribution in [0.3, 0.4) is 0 Å². The van der Waals surface area contributed by atoms with Crippen LogP contribution in [0.2, 0.25) is 0 Å². The van der Waals surface area contributed by atoms with Crippen LogP contribution in [0.25, 0.3) is 0 Å². The maximum absolute atomic E-state index is 3.09. The van der Waals surface area contributed by atoms with Crippen LogP contribution >= 0.6 is 0 Å². The second kappa shape index (κ2) is 3.53. The van der Waals surface area contributed by atoms with Crippen molar-refractivity contribution in [3.8, 4) is 0 Å². The van der Waals surface area contributed by atoms with Gasteiger partial charge in [-0.25, -0.2) is 0 Å². The molecular weight excluding hydrogens is 156 g/mol. The monoisotopic (exact) mass is 173 g/mol. The van der Waals surface area contributed by atoms with Crippen LogP contribution in [0.15, 0.2) is 24.3 Å². The van der Waals surface area contributed by atoms with Crippen LogP contribution in [-0.2, 0) is 5.41 Å². The van der Waals surface area contributed by atoms with Crippen LogP contribution < -0.4 is 0 Å². The highest BCUT2D eigenvalue weighted by Gasteiger charge is 2.27. The van der Waals surface area contributed by atoms with Crippen LogP contribution in [0.4, 0.5) is 0 Å². The number of benzene rings is 1. The van der Waals surface area contributed by atoms with Crippen molar-refractivity contribution in [3.05, 3.63) is 35.9 Å². The Labute approximate surface area is 81.0 Å². The molecule has 69 valence electrons. The van der Waals surface area contributed by atoms with E-state index in [0.29, 0.717) is 5.41 Å². The molecule has 0 aromatic heterocycles. The molecule has 0 unspecified atom stereocenters. The summed E-state index contributed by atoms with van der Waals surface area (Å²) in [6.07, 6.45) is 6.94. The molecule has 0 nitrogen and oxygen atoms in total. The molecule has 0 saturated heterocycles. The highest BCUT2D eigenvalue weighted by molar-refractivity contribution is 5.24. The molecule has 2 rings (SSSR count). The van der Waals surface area contributed by atoms with Gasteiger partial charge in [-0.15, -0.1) is 0 Å². The summed E-state index contributed by atoms with van der Waals surface area (Å²) in [4.78, 5) is 0. The van der Waals surface area contributed by atoms with Gasteiger partial charge in [0.1, 0.15) is 0 Å². The Morgan fingerprint density at radius 3 is 2.31 bits per heavy atom. The van der Waals surface area contributed by atoms with Gasteiger partial charge in [0.25, 0.3) is 0 Å². The van der Waals surface area contributed by atoms with Crippen molar-refractivity contribution < 1.29 is 0 Å². The molecule has 0 aliphatic heterocycles. The van der Waals surface area contributed by atoms with Gasteiger partial charge in [-0.3, -0.25) is 0 Å². The molecule has 0 heteroatoms. The topological polar surface area (TPSA) is 0 Å². The first kappa shape index (κ1) is 8.80. The van der Waals surface area contributed by atoms with E-state index in [0.717, 1.165) is 0 Å². The number of rotatable bonds is 1. The van der Waals surface area contributed by atoms with Crippen molar-refractivity contribution in [1.82, 2.24) is 0 Å². The molecule has 1 aliphatic rings. The predicted molar refractivity (Wildman–Crippen MR) is 55.7 cm³/mol. The van der Waals surface area contributed by atoms with Gasteiger partial charge in [-0.1, -0.05) is 50.5 Å². The lowest BCUT2D eigenvalue weighted by molar-refractivity contribution is 0.319. The quantitative estimate of drug-likeness (QED) is 0.607. The zero-order chi connectivity index (χ0) is 9.15. The molecule has 1 aromatic carbocycles. The first-order valence-corrected chi connectivity index (χ1v) is 5.28. The molecule has 1 aromatic rings. The summed E-state index contributed by atoms with van der Waals surface area (Å²) in [5, 5.41) is 0. The van der Waals surface area contributed by atoms with Gasteiger partial charge < -0.3 is 0 Å². The zero-order valence-electron chi connectivity index (χ0n) is 8.34. The highest BCUT2D eigenvalue weighted by Crippen LogP contribution is 2.38. The molecule has 0 heterocycles. The average molecular weight is 173 g/mol. The lowest BCUT2D eigenvalue weighted by Crippen LogP contribution is -2.24. The van der Waals surface area contributed by atoms with Crippen LogP contribution in [0.5, 0.6) is 0 Å². The van der Waals surface area contributed by atoms with Gasteiger partial charge in [0.2, 0.25) is 0 Å². The second-order valence-electron chi connectivity index (χ2n) is 4.41. The standard InChI is InChI=1S/C13H17/c1-13(10-6-3-7-11-13)12-8-4-2-5-9-12/h4-5,8-9H,3,6-7,10-11H2,1H3. The van der Waals surface area contributed by atoms with Crippen LogP contribution in [0, 0.1) is 6.07 Å². The Morgan fingerprint density at radius 2 is 1.69 bits per heavy atom. The SMILES string of the molecule is CC1(c2cc[c]cc2)CCCCC1. The first-order chi connectivity index (χ1) is 6.31. The second-order valence-corrected chi connectivity index (χ2v) is 4.41. The van der Waals surface area contributed by atoms with E-state index in [1.54, 1.807) is 0 Å². The number of hydrogen-bond acceptors (Lipinski definition) is 0. The minimum absolute atomic E-state index is 0.452. The summed E-state index contributed by atoms with van der Waals surface area (Å²) in [6.45, 7) is 2.40. The zero-order valence-corrected chi connectivity index (χ0v) is 8.34. The average Bonchev–Trinajstić information content (AvgIpc) is 2.20. The Morgan fingerprint density at radius 1 is 1.08 bits per heavy atom. The van der Waals surface area contributed by atoms with Crippen molar-refractivity contribution in [1.29, 1.82) is 0 Å².